The van der Waals surface area contributed by atoms with Crippen LogP contribution >= 0.6 is 0 Å². The van der Waals surface area contributed by atoms with Gasteiger partial charge in [0.15, 0.2) is 0 Å². The highest BCUT2D eigenvalue weighted by atomic mass is 14.3. The van der Waals surface area contributed by atoms with Crippen molar-refractivity contribution in [2.75, 3.05) is 0 Å². The molecule has 0 atom stereocenters. The van der Waals surface area contributed by atoms with Crippen LogP contribution in [0.2, 0.25) is 0 Å². The minimum atomic E-state index is 0.0205. The molecule has 0 bridgehead atoms. The third-order valence-corrected chi connectivity index (χ3v) is 7.87. The van der Waals surface area contributed by atoms with E-state index in [4.69, 9.17) is 0 Å². The molecule has 0 fully saturated rings. The maximum absolute atomic E-state index is 2.43. The van der Waals surface area contributed by atoms with E-state index in [2.05, 4.69) is 151 Å². The summed E-state index contributed by atoms with van der Waals surface area (Å²) in [5.74, 6) is 0. The Hall–Kier alpha value is -3.90. The topological polar surface area (TPSA) is 0 Å². The lowest BCUT2D eigenvalue weighted by atomic mass is 9.76. The van der Waals surface area contributed by atoms with Crippen LogP contribution in [0.4, 0.5) is 0 Å². The maximum atomic E-state index is 2.43. The number of rotatable bonds is 2. The summed E-state index contributed by atoms with van der Waals surface area (Å²) in [6.45, 7) is 13.9. The molecule has 0 unspecified atom stereocenters. The number of hydrogen-bond donors (Lipinski definition) is 0. The van der Waals surface area contributed by atoms with E-state index in [0.717, 1.165) is 0 Å². The van der Waals surface area contributed by atoms with Crippen molar-refractivity contribution in [1.29, 1.82) is 0 Å². The van der Waals surface area contributed by atoms with Gasteiger partial charge in [-0.1, -0.05) is 126 Å². The molecular formula is C38H36. The van der Waals surface area contributed by atoms with Crippen LogP contribution < -0.4 is 0 Å². The van der Waals surface area contributed by atoms with Crippen LogP contribution in [0.1, 0.15) is 52.7 Å². The Balaban J connectivity index is 1.77. The molecule has 0 aliphatic heterocycles. The van der Waals surface area contributed by atoms with Gasteiger partial charge < -0.3 is 0 Å². The fourth-order valence-corrected chi connectivity index (χ4v) is 6.01. The average molecular weight is 493 g/mol. The Morgan fingerprint density at radius 3 is 1.45 bits per heavy atom. The summed E-state index contributed by atoms with van der Waals surface area (Å²) < 4.78 is 0. The highest BCUT2D eigenvalue weighted by Gasteiger charge is 2.25. The SMILES string of the molecule is CC(C)(C)c1ccccc1-c1ccc2cc3cc4ccccc4cc3cc2c1-c1ccccc1C(C)(C)C. The Morgan fingerprint density at radius 1 is 0.368 bits per heavy atom. The molecule has 0 radical (unpaired) electrons. The van der Waals surface area contributed by atoms with Crippen molar-refractivity contribution in [2.45, 2.75) is 52.4 Å². The molecule has 0 aromatic heterocycles. The van der Waals surface area contributed by atoms with Crippen LogP contribution in [0.5, 0.6) is 0 Å². The van der Waals surface area contributed by atoms with Gasteiger partial charge in [-0.25, -0.2) is 0 Å². The maximum Gasteiger partial charge on any atom is -0.00235 e. The molecule has 0 spiro atoms. The predicted octanol–water partition coefficient (Wildman–Crippen LogP) is 11.1. The first-order valence-electron chi connectivity index (χ1n) is 13.7. The summed E-state index contributed by atoms with van der Waals surface area (Å²) in [4.78, 5) is 0. The summed E-state index contributed by atoms with van der Waals surface area (Å²) in [6.07, 6.45) is 0. The molecule has 38 heavy (non-hydrogen) atoms. The number of fused-ring (bicyclic) bond motifs is 3. The van der Waals surface area contributed by atoms with E-state index in [9.17, 15) is 0 Å². The molecule has 0 nitrogen and oxygen atoms in total. The molecule has 0 saturated carbocycles. The molecule has 6 rings (SSSR count). The summed E-state index contributed by atoms with van der Waals surface area (Å²) in [7, 11) is 0. The van der Waals surface area contributed by atoms with Gasteiger partial charge in [-0.15, -0.1) is 0 Å². The Bertz CT molecular complexity index is 1820. The van der Waals surface area contributed by atoms with Crippen molar-refractivity contribution >= 4 is 32.3 Å². The van der Waals surface area contributed by atoms with E-state index in [0.29, 0.717) is 0 Å². The molecule has 6 aromatic carbocycles. The molecule has 0 N–H and O–H groups in total. The van der Waals surface area contributed by atoms with Crippen molar-refractivity contribution in [2.24, 2.45) is 0 Å². The fraction of sp³-hybridized carbons (Fsp3) is 0.211. The van der Waals surface area contributed by atoms with Gasteiger partial charge >= 0.3 is 0 Å². The third-order valence-electron chi connectivity index (χ3n) is 7.87. The minimum absolute atomic E-state index is 0.0205. The zero-order valence-electron chi connectivity index (χ0n) is 23.4. The van der Waals surface area contributed by atoms with E-state index >= 15 is 0 Å². The van der Waals surface area contributed by atoms with Gasteiger partial charge in [-0.05, 0) is 101 Å². The third kappa shape index (κ3) is 4.19. The lowest BCUT2D eigenvalue weighted by molar-refractivity contribution is 0.591. The average Bonchev–Trinajstić information content (AvgIpc) is 2.89. The standard InChI is InChI=1S/C38H36/c1-37(2,3)34-17-11-9-15-30(34)31-20-19-27-23-28-21-25-13-7-8-14-26(25)22-29(28)24-33(27)36(31)32-16-10-12-18-35(32)38(4,5)6/h7-24H,1-6H3. The Labute approximate surface area is 227 Å². The van der Waals surface area contributed by atoms with E-state index in [-0.39, 0.29) is 10.8 Å². The van der Waals surface area contributed by atoms with Gasteiger partial charge in [-0.3, -0.25) is 0 Å². The van der Waals surface area contributed by atoms with E-state index < -0.39 is 0 Å². The second-order valence-electron chi connectivity index (χ2n) is 12.7. The quantitative estimate of drug-likeness (QED) is 0.211. The normalized spacial score (nSPS) is 12.5. The van der Waals surface area contributed by atoms with E-state index in [1.54, 1.807) is 0 Å². The predicted molar refractivity (Wildman–Crippen MR) is 167 cm³/mol. The van der Waals surface area contributed by atoms with Gasteiger partial charge in [0, 0.05) is 0 Å². The highest BCUT2D eigenvalue weighted by Crippen LogP contribution is 2.45. The van der Waals surface area contributed by atoms with Crippen molar-refractivity contribution in [3.05, 3.63) is 120 Å². The van der Waals surface area contributed by atoms with Crippen molar-refractivity contribution in [1.82, 2.24) is 0 Å². The molecule has 0 aliphatic carbocycles. The lowest BCUT2D eigenvalue weighted by Gasteiger charge is -2.27. The van der Waals surface area contributed by atoms with Crippen LogP contribution in [0.15, 0.2) is 109 Å². The van der Waals surface area contributed by atoms with Gasteiger partial charge in [-0.2, -0.15) is 0 Å². The summed E-state index contributed by atoms with van der Waals surface area (Å²) in [5, 5.41) is 7.73. The Kier molecular flexibility index (Phi) is 5.69. The van der Waals surface area contributed by atoms with Crippen molar-refractivity contribution in [3.63, 3.8) is 0 Å². The van der Waals surface area contributed by atoms with Gasteiger partial charge in [0.2, 0.25) is 0 Å². The molecule has 188 valence electrons. The summed E-state index contributed by atoms with van der Waals surface area (Å²) in [6, 6.07) is 40.8. The molecule has 0 amide bonds. The first-order chi connectivity index (χ1) is 18.1. The minimum Gasteiger partial charge on any atom is -0.0619 e. The monoisotopic (exact) mass is 492 g/mol. The number of benzene rings is 6. The van der Waals surface area contributed by atoms with Gasteiger partial charge in [0.05, 0.1) is 0 Å². The smallest absolute Gasteiger partial charge is 0.00235 e. The second kappa shape index (κ2) is 8.84. The number of hydrogen-bond acceptors (Lipinski definition) is 0. The van der Waals surface area contributed by atoms with Crippen LogP contribution in [-0.2, 0) is 10.8 Å². The fourth-order valence-electron chi connectivity index (χ4n) is 6.01. The summed E-state index contributed by atoms with van der Waals surface area (Å²) in [5.41, 5.74) is 8.09. The zero-order valence-corrected chi connectivity index (χ0v) is 23.4. The van der Waals surface area contributed by atoms with Crippen LogP contribution in [0.25, 0.3) is 54.6 Å². The van der Waals surface area contributed by atoms with Gasteiger partial charge in [0.1, 0.15) is 0 Å². The second-order valence-corrected chi connectivity index (χ2v) is 12.7. The molecule has 6 aromatic rings. The molecular weight excluding hydrogens is 456 g/mol. The first-order valence-corrected chi connectivity index (χ1v) is 13.7. The van der Waals surface area contributed by atoms with Crippen LogP contribution in [-0.4, -0.2) is 0 Å². The van der Waals surface area contributed by atoms with E-state index in [1.165, 1.54) is 65.7 Å². The van der Waals surface area contributed by atoms with Crippen molar-refractivity contribution in [3.8, 4) is 22.3 Å². The van der Waals surface area contributed by atoms with Crippen LogP contribution in [0.3, 0.4) is 0 Å². The van der Waals surface area contributed by atoms with E-state index in [1.807, 2.05) is 0 Å². The molecule has 0 heteroatoms. The Morgan fingerprint density at radius 2 is 0.842 bits per heavy atom. The molecule has 0 aliphatic rings. The lowest BCUT2D eigenvalue weighted by Crippen LogP contribution is -2.14. The van der Waals surface area contributed by atoms with Gasteiger partial charge in [0.25, 0.3) is 0 Å². The molecule has 0 heterocycles. The van der Waals surface area contributed by atoms with Crippen LogP contribution in [0, 0.1) is 0 Å². The summed E-state index contributed by atoms with van der Waals surface area (Å²) >= 11 is 0. The van der Waals surface area contributed by atoms with Crippen molar-refractivity contribution < 1.29 is 0 Å². The molecule has 0 saturated heterocycles. The highest BCUT2D eigenvalue weighted by molar-refractivity contribution is 6.12. The first kappa shape index (κ1) is 24.4. The zero-order chi connectivity index (χ0) is 26.7. The largest absolute Gasteiger partial charge is 0.0619 e.